The van der Waals surface area contributed by atoms with Crippen molar-refractivity contribution in [3.63, 3.8) is 0 Å². The molecule has 139 valence electrons. The number of rotatable bonds is 2. The lowest BCUT2D eigenvalue weighted by Crippen LogP contribution is -2.31. The minimum atomic E-state index is -0.594. The van der Waals surface area contributed by atoms with Crippen molar-refractivity contribution in [1.82, 2.24) is 4.98 Å². The number of para-hydroxylation sites is 5. The van der Waals surface area contributed by atoms with E-state index in [2.05, 4.69) is 23.6 Å². The number of anilines is 3. The van der Waals surface area contributed by atoms with Crippen LogP contribution < -0.4 is 19.7 Å². The zero-order chi connectivity index (χ0) is 19.2. The third-order valence-corrected chi connectivity index (χ3v) is 5.01. The normalized spacial score (nSPS) is 15.0. The van der Waals surface area contributed by atoms with Crippen molar-refractivity contribution >= 4 is 28.1 Å². The quantitative estimate of drug-likeness (QED) is 0.517. The number of nitrogens with one attached hydrogen (secondary N) is 1. The van der Waals surface area contributed by atoms with E-state index in [1.807, 2.05) is 77.7 Å². The number of aromatic nitrogens is 1. The van der Waals surface area contributed by atoms with Gasteiger partial charge < -0.3 is 14.8 Å². The van der Waals surface area contributed by atoms with E-state index in [-0.39, 0.29) is 0 Å². The van der Waals surface area contributed by atoms with E-state index in [9.17, 15) is 0 Å². The molecule has 0 bridgehead atoms. The fourth-order valence-electron chi connectivity index (χ4n) is 3.62. The molecule has 3 heterocycles. The highest BCUT2D eigenvalue weighted by Gasteiger charge is 2.32. The number of pyridine rings is 1. The van der Waals surface area contributed by atoms with E-state index in [1.165, 1.54) is 0 Å². The van der Waals surface area contributed by atoms with Crippen LogP contribution >= 0.6 is 0 Å². The lowest BCUT2D eigenvalue weighted by atomic mass is 10.1. The summed E-state index contributed by atoms with van der Waals surface area (Å²) in [7, 11) is 0. The fourth-order valence-corrected chi connectivity index (χ4v) is 3.62. The molecule has 0 amide bonds. The smallest absolute Gasteiger partial charge is 0.285 e. The summed E-state index contributed by atoms with van der Waals surface area (Å²) in [5.41, 5.74) is 3.54. The van der Waals surface area contributed by atoms with Gasteiger partial charge in [0.05, 0.1) is 16.9 Å². The largest absolute Gasteiger partial charge is 0.445 e. The van der Waals surface area contributed by atoms with E-state index in [1.54, 1.807) is 0 Å². The molecule has 29 heavy (non-hydrogen) atoms. The highest BCUT2D eigenvalue weighted by Crippen LogP contribution is 2.40. The molecule has 1 aromatic heterocycles. The van der Waals surface area contributed by atoms with Gasteiger partial charge in [-0.25, -0.2) is 4.98 Å². The fraction of sp³-hybridized carbons (Fsp3) is 0.0417. The Bertz CT molecular complexity index is 1240. The van der Waals surface area contributed by atoms with Gasteiger partial charge in [-0.15, -0.1) is 0 Å². The van der Waals surface area contributed by atoms with Crippen LogP contribution in [0, 0.1) is 6.20 Å². The topological polar surface area (TPSA) is 46.6 Å². The number of nitrogens with zero attached hydrogens (tertiary/aromatic N) is 2. The van der Waals surface area contributed by atoms with Crippen LogP contribution in [0.5, 0.6) is 11.5 Å². The van der Waals surface area contributed by atoms with Crippen molar-refractivity contribution in [2.24, 2.45) is 0 Å². The minimum absolute atomic E-state index is 0.594. The summed E-state index contributed by atoms with van der Waals surface area (Å²) in [6.45, 7) is 0. The van der Waals surface area contributed by atoms with Crippen LogP contribution in [0.25, 0.3) is 10.9 Å². The molecule has 6 rings (SSSR count). The highest BCUT2D eigenvalue weighted by molar-refractivity contribution is 5.84. The molecule has 4 aromatic rings. The molecule has 0 spiro atoms. The summed E-state index contributed by atoms with van der Waals surface area (Å²) < 4.78 is 12.0. The Labute approximate surface area is 167 Å². The predicted molar refractivity (Wildman–Crippen MR) is 112 cm³/mol. The van der Waals surface area contributed by atoms with Gasteiger partial charge in [0.1, 0.15) is 17.7 Å². The standard InChI is InChI=1S/C24H16N3O2/c1-2-8-17-16(7-1)13-14-23(26-17)27-15-19(25-18-9-3-4-10-20(18)27)24-28-21-11-5-6-12-22(21)29-24/h1-14,24-25H. The van der Waals surface area contributed by atoms with E-state index >= 15 is 0 Å². The van der Waals surface area contributed by atoms with Crippen molar-refractivity contribution in [3.8, 4) is 11.5 Å². The van der Waals surface area contributed by atoms with Gasteiger partial charge in [0.15, 0.2) is 11.5 Å². The van der Waals surface area contributed by atoms with E-state index in [4.69, 9.17) is 14.5 Å². The van der Waals surface area contributed by atoms with Crippen molar-refractivity contribution in [1.29, 1.82) is 0 Å². The average molecular weight is 378 g/mol. The first-order valence-electron chi connectivity index (χ1n) is 9.43. The van der Waals surface area contributed by atoms with Crippen LogP contribution in [0.15, 0.2) is 90.6 Å². The number of ether oxygens (including phenoxy) is 2. The van der Waals surface area contributed by atoms with E-state index in [0.29, 0.717) is 5.70 Å². The zero-order valence-electron chi connectivity index (χ0n) is 15.4. The first kappa shape index (κ1) is 16.0. The summed E-state index contributed by atoms with van der Waals surface area (Å²) in [5.74, 6) is 2.23. The van der Waals surface area contributed by atoms with Gasteiger partial charge in [0.2, 0.25) is 0 Å². The SMILES string of the molecule is [C]1=C(C2Oc3ccccc3O2)Nc2ccccc2N1c1ccc2ccccc2n1. The first-order chi connectivity index (χ1) is 14.3. The lowest BCUT2D eigenvalue weighted by Gasteiger charge is -2.30. The summed E-state index contributed by atoms with van der Waals surface area (Å²) >= 11 is 0. The molecular weight excluding hydrogens is 362 g/mol. The van der Waals surface area contributed by atoms with Crippen LogP contribution in [-0.2, 0) is 0 Å². The zero-order valence-corrected chi connectivity index (χ0v) is 15.4. The molecular formula is C24H16N3O2. The van der Waals surface area contributed by atoms with Gasteiger partial charge in [-0.05, 0) is 42.5 Å². The Morgan fingerprint density at radius 2 is 1.52 bits per heavy atom. The second kappa shape index (κ2) is 6.27. The van der Waals surface area contributed by atoms with Gasteiger partial charge in [-0.1, -0.05) is 42.5 Å². The molecule has 0 fully saturated rings. The number of hydrogen-bond acceptors (Lipinski definition) is 5. The molecule has 5 nitrogen and oxygen atoms in total. The van der Waals surface area contributed by atoms with Crippen LogP contribution in [0.3, 0.4) is 0 Å². The highest BCUT2D eigenvalue weighted by atomic mass is 16.7. The van der Waals surface area contributed by atoms with Crippen molar-refractivity contribution in [2.45, 2.75) is 6.29 Å². The van der Waals surface area contributed by atoms with Gasteiger partial charge in [-0.3, -0.25) is 4.90 Å². The van der Waals surface area contributed by atoms with Crippen molar-refractivity contribution in [3.05, 3.63) is 96.8 Å². The summed E-state index contributed by atoms with van der Waals surface area (Å²) in [6.07, 6.45) is 2.80. The van der Waals surface area contributed by atoms with E-state index < -0.39 is 6.29 Å². The molecule has 3 aromatic carbocycles. The first-order valence-corrected chi connectivity index (χ1v) is 9.43. The van der Waals surface area contributed by atoms with Crippen LogP contribution in [0.2, 0.25) is 0 Å². The lowest BCUT2D eigenvalue weighted by molar-refractivity contribution is 0.0840. The second-order valence-electron chi connectivity index (χ2n) is 6.88. The average Bonchev–Trinajstić information content (AvgIpc) is 3.22. The summed E-state index contributed by atoms with van der Waals surface area (Å²) in [6, 6.07) is 27.8. The molecule has 0 saturated carbocycles. The Morgan fingerprint density at radius 1 is 0.793 bits per heavy atom. The molecule has 1 N–H and O–H groups in total. The molecule has 1 radical (unpaired) electrons. The summed E-state index contributed by atoms with van der Waals surface area (Å²) in [4.78, 5) is 6.79. The van der Waals surface area contributed by atoms with Gasteiger partial charge in [-0.2, -0.15) is 0 Å². The molecule has 2 aliphatic heterocycles. The maximum absolute atomic E-state index is 5.98. The molecule has 0 unspecified atom stereocenters. The molecule has 0 aliphatic carbocycles. The van der Waals surface area contributed by atoms with Crippen molar-refractivity contribution in [2.75, 3.05) is 10.2 Å². The van der Waals surface area contributed by atoms with Crippen LogP contribution in [0.4, 0.5) is 17.2 Å². The van der Waals surface area contributed by atoms with Gasteiger partial charge in [0, 0.05) is 5.39 Å². The molecule has 5 heteroatoms. The van der Waals surface area contributed by atoms with Crippen LogP contribution in [-0.4, -0.2) is 11.3 Å². The maximum Gasteiger partial charge on any atom is 0.285 e. The minimum Gasteiger partial charge on any atom is -0.445 e. The van der Waals surface area contributed by atoms with Crippen molar-refractivity contribution < 1.29 is 9.47 Å². The molecule has 0 saturated heterocycles. The molecule has 2 aliphatic rings. The third-order valence-electron chi connectivity index (χ3n) is 5.01. The summed E-state index contributed by atoms with van der Waals surface area (Å²) in [5, 5.41) is 4.50. The number of hydrogen-bond donors (Lipinski definition) is 1. The monoisotopic (exact) mass is 378 g/mol. The predicted octanol–water partition coefficient (Wildman–Crippen LogP) is 5.24. The van der Waals surface area contributed by atoms with Gasteiger partial charge >= 0.3 is 0 Å². The Morgan fingerprint density at radius 3 is 2.38 bits per heavy atom. The molecule has 0 atom stereocenters. The second-order valence-corrected chi connectivity index (χ2v) is 6.88. The number of benzene rings is 3. The Kier molecular flexibility index (Phi) is 3.46. The Hall–Kier alpha value is -3.99. The van der Waals surface area contributed by atoms with Gasteiger partial charge in [0.25, 0.3) is 6.29 Å². The number of fused-ring (bicyclic) bond motifs is 3. The third kappa shape index (κ3) is 2.67. The Balaban J connectivity index is 1.43. The maximum atomic E-state index is 5.98. The van der Waals surface area contributed by atoms with Crippen LogP contribution in [0.1, 0.15) is 0 Å². The van der Waals surface area contributed by atoms with E-state index in [0.717, 1.165) is 39.6 Å².